The lowest BCUT2D eigenvalue weighted by atomic mass is 9.98. The lowest BCUT2D eigenvalue weighted by Gasteiger charge is -2.07. The molecule has 1 aromatic heterocycles. The van der Waals surface area contributed by atoms with Gasteiger partial charge in [0.25, 0.3) is 5.91 Å². The number of carbonyl (C=O) groups is 1. The number of nitrogens with one attached hydrogen (secondary N) is 1. The summed E-state index contributed by atoms with van der Waals surface area (Å²) in [4.78, 5) is 16.1. The number of amides is 1. The quantitative estimate of drug-likeness (QED) is 0.730. The summed E-state index contributed by atoms with van der Waals surface area (Å²) in [7, 11) is 0. The van der Waals surface area contributed by atoms with E-state index in [2.05, 4.69) is 22.4 Å². The Morgan fingerprint density at radius 1 is 1.00 bits per heavy atom. The van der Waals surface area contributed by atoms with Crippen LogP contribution in [0.2, 0.25) is 0 Å². The molecule has 96 valence electrons. The van der Waals surface area contributed by atoms with Crippen LogP contribution in [-0.2, 0) is 6.54 Å². The molecule has 0 aliphatic carbocycles. The van der Waals surface area contributed by atoms with Crippen LogP contribution in [0.25, 0.3) is 21.9 Å². The maximum Gasteiger partial charge on any atom is 0.251 e. The molecule has 0 saturated heterocycles. The summed E-state index contributed by atoms with van der Waals surface area (Å²) in [5.41, 5.74) is 3.93. The third-order valence-corrected chi connectivity index (χ3v) is 3.77. The van der Waals surface area contributed by atoms with Crippen LogP contribution in [0.4, 0.5) is 0 Å². The Morgan fingerprint density at radius 3 is 2.85 bits per heavy atom. The Bertz CT molecular complexity index is 834. The number of benzene rings is 2. The molecule has 0 atom stereocenters. The molecule has 3 nitrogen and oxygen atoms in total. The molecule has 0 unspecified atom stereocenters. The normalized spacial score (nSPS) is 13.3. The lowest BCUT2D eigenvalue weighted by molar-refractivity contribution is 0.0966. The topological polar surface area (TPSA) is 42.0 Å². The molecule has 0 saturated carbocycles. The van der Waals surface area contributed by atoms with Gasteiger partial charge in [-0.2, -0.15) is 0 Å². The van der Waals surface area contributed by atoms with Crippen molar-refractivity contribution in [2.75, 3.05) is 0 Å². The van der Waals surface area contributed by atoms with E-state index in [0.717, 1.165) is 33.0 Å². The molecular weight excluding hydrogens is 248 g/mol. The molecule has 20 heavy (non-hydrogen) atoms. The number of nitrogens with zero attached hydrogens (tertiary/aromatic N) is 1. The number of pyridine rings is 1. The first-order valence-electron chi connectivity index (χ1n) is 6.57. The molecule has 2 aromatic carbocycles. The van der Waals surface area contributed by atoms with Crippen molar-refractivity contribution in [2.24, 2.45) is 0 Å². The Morgan fingerprint density at radius 2 is 1.90 bits per heavy atom. The first kappa shape index (κ1) is 11.2. The van der Waals surface area contributed by atoms with Gasteiger partial charge in [-0.25, -0.2) is 0 Å². The van der Waals surface area contributed by atoms with Crippen LogP contribution in [0.1, 0.15) is 15.9 Å². The predicted octanol–water partition coefficient (Wildman–Crippen LogP) is 3.15. The molecule has 0 bridgehead atoms. The largest absolute Gasteiger partial charge is 0.348 e. The highest BCUT2D eigenvalue weighted by atomic mass is 16.1. The van der Waals surface area contributed by atoms with Gasteiger partial charge in [0.15, 0.2) is 0 Å². The third-order valence-electron chi connectivity index (χ3n) is 3.77. The highest BCUT2D eigenvalue weighted by Gasteiger charge is 2.19. The van der Waals surface area contributed by atoms with Crippen molar-refractivity contribution in [3.63, 3.8) is 0 Å². The lowest BCUT2D eigenvalue weighted by Crippen LogP contribution is -2.12. The third kappa shape index (κ3) is 1.60. The van der Waals surface area contributed by atoms with Crippen LogP contribution in [0, 0.1) is 0 Å². The Kier molecular flexibility index (Phi) is 2.33. The van der Waals surface area contributed by atoms with Crippen LogP contribution in [0.3, 0.4) is 0 Å². The molecule has 3 aromatic rings. The van der Waals surface area contributed by atoms with E-state index in [-0.39, 0.29) is 5.91 Å². The summed E-state index contributed by atoms with van der Waals surface area (Å²) < 4.78 is 0. The van der Waals surface area contributed by atoms with E-state index in [4.69, 9.17) is 0 Å². The molecule has 2 heterocycles. The van der Waals surface area contributed by atoms with E-state index in [1.807, 2.05) is 42.7 Å². The maximum absolute atomic E-state index is 11.8. The van der Waals surface area contributed by atoms with E-state index in [9.17, 15) is 4.79 Å². The number of aromatic nitrogens is 1. The average molecular weight is 260 g/mol. The Hall–Kier alpha value is -2.68. The Balaban J connectivity index is 1.96. The minimum Gasteiger partial charge on any atom is -0.348 e. The van der Waals surface area contributed by atoms with Crippen molar-refractivity contribution in [2.45, 2.75) is 6.54 Å². The zero-order valence-electron chi connectivity index (χ0n) is 10.8. The summed E-state index contributed by atoms with van der Waals surface area (Å²) >= 11 is 0. The number of rotatable bonds is 1. The molecule has 0 spiro atoms. The summed E-state index contributed by atoms with van der Waals surface area (Å²) in [5, 5.41) is 5.11. The van der Waals surface area contributed by atoms with E-state index < -0.39 is 0 Å². The first-order valence-corrected chi connectivity index (χ1v) is 6.57. The zero-order valence-corrected chi connectivity index (χ0v) is 10.8. The molecule has 1 aliphatic rings. The molecule has 1 N–H and O–H groups in total. The second-order valence-corrected chi connectivity index (χ2v) is 4.96. The van der Waals surface area contributed by atoms with E-state index in [0.29, 0.717) is 6.54 Å². The molecule has 1 amide bonds. The first-order chi connectivity index (χ1) is 9.83. The van der Waals surface area contributed by atoms with Gasteiger partial charge >= 0.3 is 0 Å². The smallest absolute Gasteiger partial charge is 0.251 e. The van der Waals surface area contributed by atoms with Gasteiger partial charge in [-0.05, 0) is 22.6 Å². The highest BCUT2D eigenvalue weighted by molar-refractivity contribution is 6.01. The van der Waals surface area contributed by atoms with Gasteiger partial charge in [-0.3, -0.25) is 9.78 Å². The second kappa shape index (κ2) is 4.17. The van der Waals surface area contributed by atoms with Crippen molar-refractivity contribution >= 4 is 16.7 Å². The molecule has 1 aliphatic heterocycles. The predicted molar refractivity (Wildman–Crippen MR) is 78.3 cm³/mol. The summed E-state index contributed by atoms with van der Waals surface area (Å²) in [5.74, 6) is 0.00930. The molecule has 3 heteroatoms. The maximum atomic E-state index is 11.8. The second-order valence-electron chi connectivity index (χ2n) is 4.96. The van der Waals surface area contributed by atoms with Gasteiger partial charge in [-0.1, -0.05) is 36.4 Å². The fourth-order valence-corrected chi connectivity index (χ4v) is 2.73. The van der Waals surface area contributed by atoms with Gasteiger partial charge in [-0.15, -0.1) is 0 Å². The molecule has 0 fully saturated rings. The van der Waals surface area contributed by atoms with E-state index >= 15 is 0 Å². The molecule has 4 rings (SSSR count). The monoisotopic (exact) mass is 260 g/mol. The summed E-state index contributed by atoms with van der Waals surface area (Å²) in [6.45, 7) is 0.627. The average Bonchev–Trinajstić information content (AvgIpc) is 2.88. The molecule has 0 radical (unpaired) electrons. The fraction of sp³-hybridized carbons (Fsp3) is 0.0588. The van der Waals surface area contributed by atoms with Crippen LogP contribution >= 0.6 is 0 Å². The van der Waals surface area contributed by atoms with Crippen molar-refractivity contribution in [3.8, 4) is 11.1 Å². The zero-order chi connectivity index (χ0) is 13.5. The fourth-order valence-electron chi connectivity index (χ4n) is 2.73. The summed E-state index contributed by atoms with van der Waals surface area (Å²) in [6, 6.07) is 14.2. The van der Waals surface area contributed by atoms with Crippen molar-refractivity contribution in [1.82, 2.24) is 10.3 Å². The van der Waals surface area contributed by atoms with Crippen LogP contribution in [0.15, 0.2) is 54.9 Å². The highest BCUT2D eigenvalue weighted by Crippen LogP contribution is 2.30. The summed E-state index contributed by atoms with van der Waals surface area (Å²) in [6.07, 6.45) is 3.72. The van der Waals surface area contributed by atoms with Gasteiger partial charge in [0.1, 0.15) is 0 Å². The number of carbonyl (C=O) groups excluding carboxylic acids is 1. The van der Waals surface area contributed by atoms with Gasteiger partial charge < -0.3 is 5.32 Å². The van der Waals surface area contributed by atoms with E-state index in [1.54, 1.807) is 0 Å². The van der Waals surface area contributed by atoms with Crippen molar-refractivity contribution < 1.29 is 4.79 Å². The SMILES string of the molecule is O=C1NCc2ccc(-c3cncc4ccccc34)cc21. The molecular formula is C17H12N2O. The van der Waals surface area contributed by atoms with Crippen LogP contribution in [-0.4, -0.2) is 10.9 Å². The van der Waals surface area contributed by atoms with Crippen LogP contribution in [0.5, 0.6) is 0 Å². The van der Waals surface area contributed by atoms with Crippen molar-refractivity contribution in [3.05, 3.63) is 66.0 Å². The van der Waals surface area contributed by atoms with Gasteiger partial charge in [0.2, 0.25) is 0 Å². The minimum absolute atomic E-state index is 0.00930. The van der Waals surface area contributed by atoms with Gasteiger partial charge in [0.05, 0.1) is 0 Å². The number of hydrogen-bond donors (Lipinski definition) is 1. The number of fused-ring (bicyclic) bond motifs is 2. The minimum atomic E-state index is 0.00930. The van der Waals surface area contributed by atoms with Crippen LogP contribution < -0.4 is 5.32 Å². The standard InChI is InChI=1S/C17H12N2O/c20-17-15-7-11(5-6-13(15)9-19-17)16-10-18-8-12-3-1-2-4-14(12)16/h1-8,10H,9H2,(H,19,20). The van der Waals surface area contributed by atoms with E-state index in [1.165, 1.54) is 0 Å². The van der Waals surface area contributed by atoms with Crippen molar-refractivity contribution in [1.29, 1.82) is 0 Å². The number of hydrogen-bond acceptors (Lipinski definition) is 2. The Labute approximate surface area is 116 Å². The van der Waals surface area contributed by atoms with Gasteiger partial charge in [0, 0.05) is 35.5 Å².